The molecule has 0 spiro atoms. The van der Waals surface area contributed by atoms with E-state index in [1.807, 2.05) is 6.92 Å². The van der Waals surface area contributed by atoms with Gasteiger partial charge < -0.3 is 5.32 Å². The summed E-state index contributed by atoms with van der Waals surface area (Å²) in [7, 11) is -0.775. The first kappa shape index (κ1) is 13.0. The number of nitrogens with one attached hydrogen (secondary N) is 1. The molecule has 0 radical (unpaired) electrons. The molecule has 5 heteroatoms. The number of hydrogen-bond donors (Lipinski definition) is 1. The van der Waals surface area contributed by atoms with E-state index in [9.17, 15) is 4.21 Å². The predicted octanol–water partition coefficient (Wildman–Crippen LogP) is 1.47. The van der Waals surface area contributed by atoms with Crippen molar-refractivity contribution in [1.29, 1.82) is 0 Å². The van der Waals surface area contributed by atoms with Gasteiger partial charge in [-0.25, -0.2) is 0 Å². The van der Waals surface area contributed by atoms with Crippen molar-refractivity contribution in [2.75, 3.05) is 18.6 Å². The van der Waals surface area contributed by atoms with Gasteiger partial charge in [-0.2, -0.15) is 0 Å². The van der Waals surface area contributed by atoms with E-state index < -0.39 is 10.8 Å². The molecular formula is C10H20N2OS2. The summed E-state index contributed by atoms with van der Waals surface area (Å²) in [4.78, 5) is 4.46. The maximum Gasteiger partial charge on any atom is 0.156 e. The zero-order valence-corrected chi connectivity index (χ0v) is 11.5. The fourth-order valence-electron chi connectivity index (χ4n) is 1.14. The van der Waals surface area contributed by atoms with E-state index in [1.165, 1.54) is 0 Å². The van der Waals surface area contributed by atoms with Crippen LogP contribution in [0.25, 0.3) is 0 Å². The minimum absolute atomic E-state index is 0.148. The third-order valence-electron chi connectivity index (χ3n) is 2.75. The summed E-state index contributed by atoms with van der Waals surface area (Å²) in [5, 5.41) is 4.53. The van der Waals surface area contributed by atoms with Crippen LogP contribution in [0.15, 0.2) is 4.99 Å². The highest BCUT2D eigenvalue weighted by Crippen LogP contribution is 2.19. The van der Waals surface area contributed by atoms with Crippen LogP contribution < -0.4 is 5.32 Å². The van der Waals surface area contributed by atoms with Crippen molar-refractivity contribution in [3.8, 4) is 0 Å². The summed E-state index contributed by atoms with van der Waals surface area (Å²) in [5.74, 6) is 1.81. The summed E-state index contributed by atoms with van der Waals surface area (Å²) < 4.78 is 11.1. The molecular weight excluding hydrogens is 228 g/mol. The number of amidine groups is 1. The Balaban J connectivity index is 2.44. The summed E-state index contributed by atoms with van der Waals surface area (Å²) >= 11 is 1.77. The van der Waals surface area contributed by atoms with Crippen molar-refractivity contribution in [3.05, 3.63) is 0 Å². The molecule has 1 aliphatic rings. The highest BCUT2D eigenvalue weighted by molar-refractivity contribution is 8.13. The maximum atomic E-state index is 11.1. The number of aliphatic imine (C=N–C) groups is 1. The van der Waals surface area contributed by atoms with Crippen molar-refractivity contribution in [2.24, 2.45) is 10.9 Å². The van der Waals surface area contributed by atoms with E-state index in [-0.39, 0.29) is 5.25 Å². The Hall–Kier alpha value is -0.0300. The lowest BCUT2D eigenvalue weighted by atomic mass is 10.1. The zero-order chi connectivity index (χ0) is 11.4. The normalized spacial score (nSPS) is 33.5. The Morgan fingerprint density at radius 2 is 2.33 bits per heavy atom. The average molecular weight is 248 g/mol. The summed E-state index contributed by atoms with van der Waals surface area (Å²) in [6.45, 7) is 7.05. The maximum absolute atomic E-state index is 11.1. The molecule has 4 unspecified atom stereocenters. The standard InChI is InChI=1S/C10H20N2OS2/c1-7-6-14-10(12-9(7)3)11-5-8(2)15(4)13/h7-9H,5-6H2,1-4H3,(H,11,12). The van der Waals surface area contributed by atoms with Gasteiger partial charge in [-0.05, 0) is 19.8 Å². The van der Waals surface area contributed by atoms with E-state index in [0.717, 1.165) is 10.9 Å². The van der Waals surface area contributed by atoms with Crippen LogP contribution in [0, 0.1) is 5.92 Å². The van der Waals surface area contributed by atoms with Gasteiger partial charge in [0.15, 0.2) is 5.17 Å². The van der Waals surface area contributed by atoms with Gasteiger partial charge in [0.2, 0.25) is 0 Å². The first-order valence-electron chi connectivity index (χ1n) is 5.26. The second-order valence-electron chi connectivity index (χ2n) is 4.18. The molecule has 1 fully saturated rings. The van der Waals surface area contributed by atoms with Crippen LogP contribution in [0.3, 0.4) is 0 Å². The molecule has 1 aliphatic heterocycles. The summed E-state index contributed by atoms with van der Waals surface area (Å²) in [5.41, 5.74) is 0. The number of nitrogens with zero attached hydrogens (tertiary/aromatic N) is 1. The molecule has 0 aromatic carbocycles. The Kier molecular flexibility index (Phi) is 5.12. The van der Waals surface area contributed by atoms with Crippen molar-refractivity contribution in [3.63, 3.8) is 0 Å². The Morgan fingerprint density at radius 1 is 1.67 bits per heavy atom. The van der Waals surface area contributed by atoms with E-state index in [4.69, 9.17) is 0 Å². The van der Waals surface area contributed by atoms with Crippen molar-refractivity contribution in [2.45, 2.75) is 32.1 Å². The summed E-state index contributed by atoms with van der Waals surface area (Å²) in [6.07, 6.45) is 1.73. The number of hydrogen-bond acceptors (Lipinski definition) is 3. The molecule has 88 valence electrons. The third kappa shape index (κ3) is 4.15. The minimum atomic E-state index is -0.775. The zero-order valence-electron chi connectivity index (χ0n) is 9.82. The molecule has 0 aromatic rings. The molecule has 0 aliphatic carbocycles. The Morgan fingerprint density at radius 3 is 2.87 bits per heavy atom. The SMILES string of the molecule is CC1CSC(=NCC(C)S(C)=O)NC1C. The molecule has 4 atom stereocenters. The van der Waals surface area contributed by atoms with Gasteiger partial charge in [0, 0.05) is 28.9 Å². The largest absolute Gasteiger partial charge is 0.362 e. The average Bonchev–Trinajstić information content (AvgIpc) is 2.19. The monoisotopic (exact) mass is 248 g/mol. The first-order valence-corrected chi connectivity index (χ1v) is 7.87. The molecule has 0 bridgehead atoms. The molecule has 1 saturated heterocycles. The van der Waals surface area contributed by atoms with Crippen LogP contribution in [0.1, 0.15) is 20.8 Å². The van der Waals surface area contributed by atoms with Crippen LogP contribution in [-0.4, -0.2) is 39.2 Å². The first-order chi connectivity index (χ1) is 7.00. The molecule has 0 aromatic heterocycles. The van der Waals surface area contributed by atoms with Crippen LogP contribution >= 0.6 is 11.8 Å². The Labute approximate surface area is 99.0 Å². The lowest BCUT2D eigenvalue weighted by Gasteiger charge is -2.28. The van der Waals surface area contributed by atoms with Gasteiger partial charge in [0.05, 0.1) is 11.8 Å². The third-order valence-corrected chi connectivity index (χ3v) is 5.24. The van der Waals surface area contributed by atoms with Gasteiger partial charge >= 0.3 is 0 Å². The molecule has 1 rings (SSSR count). The van der Waals surface area contributed by atoms with E-state index >= 15 is 0 Å². The van der Waals surface area contributed by atoms with Crippen LogP contribution in [0.4, 0.5) is 0 Å². The fourth-order valence-corrected chi connectivity index (χ4v) is 2.57. The summed E-state index contributed by atoms with van der Waals surface area (Å²) in [6, 6.07) is 0.493. The van der Waals surface area contributed by atoms with Gasteiger partial charge in [-0.3, -0.25) is 9.20 Å². The van der Waals surface area contributed by atoms with Crippen LogP contribution in [0.2, 0.25) is 0 Å². The smallest absolute Gasteiger partial charge is 0.156 e. The molecule has 3 nitrogen and oxygen atoms in total. The minimum Gasteiger partial charge on any atom is -0.362 e. The number of rotatable bonds is 3. The van der Waals surface area contributed by atoms with Crippen LogP contribution in [-0.2, 0) is 10.8 Å². The van der Waals surface area contributed by atoms with E-state index in [1.54, 1.807) is 18.0 Å². The molecule has 1 heterocycles. The second-order valence-corrected chi connectivity index (χ2v) is 6.99. The molecule has 0 amide bonds. The fraction of sp³-hybridized carbons (Fsp3) is 0.900. The van der Waals surface area contributed by atoms with Gasteiger partial charge in [0.25, 0.3) is 0 Å². The van der Waals surface area contributed by atoms with Crippen molar-refractivity contribution < 1.29 is 4.21 Å². The highest BCUT2D eigenvalue weighted by atomic mass is 32.2. The van der Waals surface area contributed by atoms with E-state index in [0.29, 0.717) is 18.5 Å². The van der Waals surface area contributed by atoms with Crippen LogP contribution in [0.5, 0.6) is 0 Å². The van der Waals surface area contributed by atoms with Crippen molar-refractivity contribution >= 4 is 27.7 Å². The van der Waals surface area contributed by atoms with Gasteiger partial charge in [0.1, 0.15) is 0 Å². The molecule has 1 N–H and O–H groups in total. The lowest BCUT2D eigenvalue weighted by molar-refractivity contribution is 0.490. The topological polar surface area (TPSA) is 41.5 Å². The molecule has 15 heavy (non-hydrogen) atoms. The quantitative estimate of drug-likeness (QED) is 0.822. The predicted molar refractivity (Wildman–Crippen MR) is 70.1 cm³/mol. The van der Waals surface area contributed by atoms with Crippen molar-refractivity contribution in [1.82, 2.24) is 5.32 Å². The lowest BCUT2D eigenvalue weighted by Crippen LogP contribution is -2.41. The number of thioether (sulfide) groups is 1. The second kappa shape index (κ2) is 5.89. The molecule has 0 saturated carbocycles. The van der Waals surface area contributed by atoms with Gasteiger partial charge in [-0.15, -0.1) is 0 Å². The van der Waals surface area contributed by atoms with Gasteiger partial charge in [-0.1, -0.05) is 18.7 Å². The van der Waals surface area contributed by atoms with E-state index in [2.05, 4.69) is 24.2 Å². The Bertz CT molecular complexity index is 268. The highest BCUT2D eigenvalue weighted by Gasteiger charge is 2.20.